The van der Waals surface area contributed by atoms with Gasteiger partial charge in [0.1, 0.15) is 0 Å². The Labute approximate surface area is 158 Å². The standard InChI is InChI=1S/C24H18ClN/c25-19-11-12-22-21(15-19)24-20(17-9-5-2-6-10-17)13-18(14-23(24)26-22)16-7-3-1-4-8-16/h1-15,23-24,26H. The minimum Gasteiger partial charge on any atom is -0.378 e. The number of fused-ring (bicyclic) bond motifs is 3. The molecule has 0 saturated carbocycles. The Kier molecular flexibility index (Phi) is 3.69. The third-order valence-electron chi connectivity index (χ3n) is 5.25. The molecular weight excluding hydrogens is 338 g/mol. The molecule has 3 aromatic carbocycles. The minimum atomic E-state index is 0.235. The molecule has 0 amide bonds. The van der Waals surface area contributed by atoms with Crippen molar-refractivity contribution in [3.63, 3.8) is 0 Å². The summed E-state index contributed by atoms with van der Waals surface area (Å²) in [5.74, 6) is 0.276. The zero-order chi connectivity index (χ0) is 17.5. The van der Waals surface area contributed by atoms with E-state index in [0.717, 1.165) is 5.02 Å². The predicted molar refractivity (Wildman–Crippen MR) is 110 cm³/mol. The van der Waals surface area contributed by atoms with Crippen molar-refractivity contribution in [3.8, 4) is 0 Å². The molecule has 126 valence electrons. The van der Waals surface area contributed by atoms with E-state index in [0.29, 0.717) is 0 Å². The second kappa shape index (κ2) is 6.19. The van der Waals surface area contributed by atoms with Crippen molar-refractivity contribution in [1.82, 2.24) is 0 Å². The SMILES string of the molecule is Clc1ccc2c(c1)C1C(c3ccccc3)=CC(c3ccccc3)=CC1N2. The van der Waals surface area contributed by atoms with Crippen molar-refractivity contribution in [3.05, 3.63) is 113 Å². The van der Waals surface area contributed by atoms with E-state index in [1.165, 1.54) is 33.5 Å². The van der Waals surface area contributed by atoms with E-state index in [1.54, 1.807) is 0 Å². The molecule has 0 spiro atoms. The summed E-state index contributed by atoms with van der Waals surface area (Å²) >= 11 is 6.31. The van der Waals surface area contributed by atoms with Crippen LogP contribution in [0.25, 0.3) is 11.1 Å². The van der Waals surface area contributed by atoms with Gasteiger partial charge in [-0.3, -0.25) is 0 Å². The van der Waals surface area contributed by atoms with Crippen LogP contribution in [-0.4, -0.2) is 6.04 Å². The van der Waals surface area contributed by atoms with E-state index in [9.17, 15) is 0 Å². The fourth-order valence-electron chi connectivity index (χ4n) is 4.08. The molecule has 5 rings (SSSR count). The zero-order valence-corrected chi connectivity index (χ0v) is 14.9. The molecule has 26 heavy (non-hydrogen) atoms. The van der Waals surface area contributed by atoms with Gasteiger partial charge in [-0.15, -0.1) is 0 Å². The van der Waals surface area contributed by atoms with Gasteiger partial charge in [0.2, 0.25) is 0 Å². The Hall–Kier alpha value is -2.77. The van der Waals surface area contributed by atoms with Gasteiger partial charge in [-0.25, -0.2) is 0 Å². The maximum atomic E-state index is 6.31. The Bertz CT molecular complexity index is 1020. The van der Waals surface area contributed by atoms with Crippen molar-refractivity contribution in [2.45, 2.75) is 12.0 Å². The Morgan fingerprint density at radius 1 is 0.769 bits per heavy atom. The lowest BCUT2D eigenvalue weighted by molar-refractivity contribution is 0.825. The lowest BCUT2D eigenvalue weighted by atomic mass is 9.78. The third kappa shape index (κ3) is 2.56. The smallest absolute Gasteiger partial charge is 0.0563 e. The second-order valence-corrected chi connectivity index (χ2v) is 7.27. The molecule has 0 radical (unpaired) electrons. The normalized spacial score (nSPS) is 20.5. The highest BCUT2D eigenvalue weighted by molar-refractivity contribution is 6.30. The molecule has 0 bridgehead atoms. The molecule has 1 aliphatic heterocycles. The van der Waals surface area contributed by atoms with Crippen LogP contribution in [0.4, 0.5) is 5.69 Å². The van der Waals surface area contributed by atoms with Crippen molar-refractivity contribution < 1.29 is 0 Å². The van der Waals surface area contributed by atoms with Gasteiger partial charge >= 0.3 is 0 Å². The zero-order valence-electron chi connectivity index (χ0n) is 14.2. The maximum Gasteiger partial charge on any atom is 0.0563 e. The number of allylic oxidation sites excluding steroid dienone is 2. The number of nitrogens with one attached hydrogen (secondary N) is 1. The van der Waals surface area contributed by atoms with E-state index in [-0.39, 0.29) is 12.0 Å². The van der Waals surface area contributed by atoms with Gasteiger partial charge < -0.3 is 5.32 Å². The molecule has 2 atom stereocenters. The summed E-state index contributed by atoms with van der Waals surface area (Å²) < 4.78 is 0. The molecular formula is C24H18ClN. The first kappa shape index (κ1) is 15.5. The average Bonchev–Trinajstić information content (AvgIpc) is 3.06. The molecule has 1 N–H and O–H groups in total. The molecule has 2 heteroatoms. The molecule has 2 aliphatic rings. The largest absolute Gasteiger partial charge is 0.378 e. The van der Waals surface area contributed by atoms with Gasteiger partial charge in [0.05, 0.1) is 6.04 Å². The summed E-state index contributed by atoms with van der Waals surface area (Å²) in [6.45, 7) is 0. The summed E-state index contributed by atoms with van der Waals surface area (Å²) in [5.41, 5.74) is 7.56. The first-order valence-electron chi connectivity index (χ1n) is 8.90. The molecule has 1 heterocycles. The van der Waals surface area contributed by atoms with Crippen molar-refractivity contribution >= 4 is 28.4 Å². The Morgan fingerprint density at radius 3 is 2.19 bits per heavy atom. The number of rotatable bonds is 2. The van der Waals surface area contributed by atoms with Crippen LogP contribution in [0, 0.1) is 0 Å². The van der Waals surface area contributed by atoms with Crippen molar-refractivity contribution in [2.24, 2.45) is 0 Å². The van der Waals surface area contributed by atoms with Gasteiger partial charge in [-0.1, -0.05) is 84.4 Å². The topological polar surface area (TPSA) is 12.0 Å². The Morgan fingerprint density at radius 2 is 1.46 bits per heavy atom. The molecule has 2 unspecified atom stereocenters. The molecule has 0 saturated heterocycles. The van der Waals surface area contributed by atoms with Crippen LogP contribution in [0.5, 0.6) is 0 Å². The molecule has 1 nitrogen and oxygen atoms in total. The van der Waals surface area contributed by atoms with Gasteiger partial charge in [-0.05, 0) is 46.0 Å². The lowest BCUT2D eigenvalue weighted by Crippen LogP contribution is -2.22. The van der Waals surface area contributed by atoms with E-state index < -0.39 is 0 Å². The van der Waals surface area contributed by atoms with Crippen LogP contribution >= 0.6 is 11.6 Å². The number of halogens is 1. The number of benzene rings is 3. The number of hydrogen-bond donors (Lipinski definition) is 1. The quantitative estimate of drug-likeness (QED) is 0.561. The predicted octanol–water partition coefficient (Wildman–Crippen LogP) is 6.40. The maximum absolute atomic E-state index is 6.31. The van der Waals surface area contributed by atoms with Gasteiger partial charge in [0.25, 0.3) is 0 Å². The van der Waals surface area contributed by atoms with Crippen LogP contribution < -0.4 is 5.32 Å². The molecule has 0 aromatic heterocycles. The van der Waals surface area contributed by atoms with E-state index in [1.807, 2.05) is 6.07 Å². The van der Waals surface area contributed by atoms with Crippen molar-refractivity contribution in [1.29, 1.82) is 0 Å². The number of anilines is 1. The van der Waals surface area contributed by atoms with Crippen LogP contribution in [0.2, 0.25) is 5.02 Å². The van der Waals surface area contributed by atoms with E-state index >= 15 is 0 Å². The third-order valence-corrected chi connectivity index (χ3v) is 5.48. The molecule has 0 fully saturated rings. The number of hydrogen-bond acceptors (Lipinski definition) is 1. The van der Waals surface area contributed by atoms with Crippen LogP contribution in [-0.2, 0) is 0 Å². The Balaban J connectivity index is 1.69. The van der Waals surface area contributed by atoms with Crippen LogP contribution in [0.3, 0.4) is 0 Å². The highest BCUT2D eigenvalue weighted by atomic mass is 35.5. The van der Waals surface area contributed by atoms with Crippen molar-refractivity contribution in [2.75, 3.05) is 5.32 Å². The summed E-state index contributed by atoms with van der Waals surface area (Å²) in [6.07, 6.45) is 4.68. The summed E-state index contributed by atoms with van der Waals surface area (Å²) in [6, 6.07) is 27.6. The molecule has 1 aliphatic carbocycles. The highest BCUT2D eigenvalue weighted by Gasteiger charge is 2.36. The average molecular weight is 356 g/mol. The van der Waals surface area contributed by atoms with Crippen LogP contribution in [0.15, 0.2) is 91.0 Å². The first-order chi connectivity index (χ1) is 12.8. The summed E-state index contributed by atoms with van der Waals surface area (Å²) in [7, 11) is 0. The van der Waals surface area contributed by atoms with Crippen LogP contribution in [0.1, 0.15) is 22.6 Å². The lowest BCUT2D eigenvalue weighted by Gasteiger charge is -2.27. The van der Waals surface area contributed by atoms with Gasteiger partial charge in [0, 0.05) is 16.6 Å². The van der Waals surface area contributed by atoms with E-state index in [2.05, 4.69) is 90.3 Å². The first-order valence-corrected chi connectivity index (χ1v) is 9.28. The van der Waals surface area contributed by atoms with Gasteiger partial charge in [-0.2, -0.15) is 0 Å². The monoisotopic (exact) mass is 355 g/mol. The van der Waals surface area contributed by atoms with E-state index in [4.69, 9.17) is 11.6 Å². The fourth-order valence-corrected chi connectivity index (χ4v) is 4.26. The molecule has 3 aromatic rings. The van der Waals surface area contributed by atoms with Gasteiger partial charge in [0.15, 0.2) is 0 Å². The minimum absolute atomic E-state index is 0.235. The summed E-state index contributed by atoms with van der Waals surface area (Å²) in [5, 5.41) is 4.48. The highest BCUT2D eigenvalue weighted by Crippen LogP contribution is 2.49. The second-order valence-electron chi connectivity index (χ2n) is 6.83. The fraction of sp³-hybridized carbons (Fsp3) is 0.0833. The summed E-state index contributed by atoms with van der Waals surface area (Å²) in [4.78, 5) is 0.